The predicted octanol–water partition coefficient (Wildman–Crippen LogP) is 2.87. The zero-order chi connectivity index (χ0) is 16.1. The van der Waals surface area contributed by atoms with Crippen molar-refractivity contribution >= 4 is 23.1 Å². The lowest BCUT2D eigenvalue weighted by Gasteiger charge is -2.07. The summed E-state index contributed by atoms with van der Waals surface area (Å²) in [5.41, 5.74) is 4.26. The molecule has 7 nitrogen and oxygen atoms in total. The fourth-order valence-electron chi connectivity index (χ4n) is 1.95. The molecule has 23 heavy (non-hydrogen) atoms. The van der Waals surface area contributed by atoms with Crippen LogP contribution < -0.4 is 10.6 Å². The number of aryl methyl sites for hydroxylation is 1. The molecule has 118 valence electrons. The standard InChI is InChI=1S/C15H15N5O2S/c1-10-19-20-14(22-10)11-2-4-12(5-3-11)18-15(21)16-7-6-13-8-23-9-17-13/h2-5,8-9H,6-7H2,1H3,(H2,16,18,21). The zero-order valence-electron chi connectivity index (χ0n) is 12.4. The summed E-state index contributed by atoms with van der Waals surface area (Å²) in [4.78, 5) is 16.0. The molecule has 0 bridgehead atoms. The molecule has 8 heteroatoms. The van der Waals surface area contributed by atoms with Gasteiger partial charge in [0.15, 0.2) is 0 Å². The summed E-state index contributed by atoms with van der Waals surface area (Å²) >= 11 is 1.55. The highest BCUT2D eigenvalue weighted by atomic mass is 32.1. The van der Waals surface area contributed by atoms with Gasteiger partial charge in [-0.1, -0.05) is 0 Å². The number of thiazole rings is 1. The van der Waals surface area contributed by atoms with Crippen LogP contribution in [0.2, 0.25) is 0 Å². The Morgan fingerprint density at radius 3 is 2.74 bits per heavy atom. The molecular weight excluding hydrogens is 314 g/mol. The number of carbonyl (C=O) groups is 1. The smallest absolute Gasteiger partial charge is 0.319 e. The molecule has 1 aromatic carbocycles. The lowest BCUT2D eigenvalue weighted by atomic mass is 10.2. The van der Waals surface area contributed by atoms with Crippen molar-refractivity contribution in [2.24, 2.45) is 0 Å². The number of nitrogens with one attached hydrogen (secondary N) is 2. The number of urea groups is 1. The van der Waals surface area contributed by atoms with Crippen molar-refractivity contribution in [1.82, 2.24) is 20.5 Å². The minimum absolute atomic E-state index is 0.249. The van der Waals surface area contributed by atoms with Gasteiger partial charge in [0.1, 0.15) is 0 Å². The van der Waals surface area contributed by atoms with E-state index in [-0.39, 0.29) is 6.03 Å². The maximum atomic E-state index is 11.8. The molecule has 2 aromatic heterocycles. The molecule has 0 fully saturated rings. The molecule has 2 N–H and O–H groups in total. The average molecular weight is 329 g/mol. The van der Waals surface area contributed by atoms with Crippen LogP contribution in [-0.4, -0.2) is 27.8 Å². The highest BCUT2D eigenvalue weighted by Gasteiger charge is 2.07. The summed E-state index contributed by atoms with van der Waals surface area (Å²) in [7, 11) is 0. The second kappa shape index (κ2) is 7.01. The van der Waals surface area contributed by atoms with Crippen LogP contribution in [0.15, 0.2) is 39.6 Å². The topological polar surface area (TPSA) is 92.9 Å². The van der Waals surface area contributed by atoms with Gasteiger partial charge in [-0.05, 0) is 24.3 Å². The van der Waals surface area contributed by atoms with Crippen molar-refractivity contribution in [3.63, 3.8) is 0 Å². The number of nitrogens with zero attached hydrogens (tertiary/aromatic N) is 3. The van der Waals surface area contributed by atoms with E-state index in [2.05, 4.69) is 25.8 Å². The van der Waals surface area contributed by atoms with Gasteiger partial charge in [0.05, 0.1) is 11.2 Å². The first kappa shape index (κ1) is 15.2. The second-order valence-corrected chi connectivity index (χ2v) is 5.53. The maximum Gasteiger partial charge on any atom is 0.319 e. The van der Waals surface area contributed by atoms with Gasteiger partial charge in [-0.3, -0.25) is 0 Å². The van der Waals surface area contributed by atoms with Crippen molar-refractivity contribution in [2.45, 2.75) is 13.3 Å². The monoisotopic (exact) mass is 329 g/mol. The van der Waals surface area contributed by atoms with Crippen LogP contribution in [0.3, 0.4) is 0 Å². The lowest BCUT2D eigenvalue weighted by Crippen LogP contribution is -2.30. The number of hydrogen-bond donors (Lipinski definition) is 2. The van der Waals surface area contributed by atoms with E-state index in [1.54, 1.807) is 35.9 Å². The fourth-order valence-corrected chi connectivity index (χ4v) is 2.54. The first-order valence-corrected chi connectivity index (χ1v) is 7.97. The van der Waals surface area contributed by atoms with Gasteiger partial charge in [0, 0.05) is 36.5 Å². The first-order valence-electron chi connectivity index (χ1n) is 7.03. The largest absolute Gasteiger partial charge is 0.421 e. The molecule has 0 aliphatic heterocycles. The van der Waals surface area contributed by atoms with E-state index in [0.29, 0.717) is 30.4 Å². The van der Waals surface area contributed by atoms with Crippen molar-refractivity contribution < 1.29 is 9.21 Å². The quantitative estimate of drug-likeness (QED) is 0.751. The van der Waals surface area contributed by atoms with E-state index in [0.717, 1.165) is 11.3 Å². The molecule has 3 aromatic rings. The molecule has 2 amide bonds. The summed E-state index contributed by atoms with van der Waals surface area (Å²) in [5, 5.41) is 15.3. The van der Waals surface area contributed by atoms with E-state index in [1.807, 2.05) is 17.5 Å². The Morgan fingerprint density at radius 1 is 1.26 bits per heavy atom. The number of benzene rings is 1. The zero-order valence-corrected chi connectivity index (χ0v) is 13.3. The highest BCUT2D eigenvalue weighted by molar-refractivity contribution is 7.07. The molecule has 0 atom stereocenters. The molecule has 2 heterocycles. The maximum absolute atomic E-state index is 11.8. The molecule has 0 saturated carbocycles. The predicted molar refractivity (Wildman–Crippen MR) is 87.3 cm³/mol. The van der Waals surface area contributed by atoms with Gasteiger partial charge in [-0.2, -0.15) is 0 Å². The molecule has 0 spiro atoms. The van der Waals surface area contributed by atoms with Gasteiger partial charge < -0.3 is 15.1 Å². The van der Waals surface area contributed by atoms with Crippen molar-refractivity contribution in [2.75, 3.05) is 11.9 Å². The Balaban J connectivity index is 1.50. The van der Waals surface area contributed by atoms with Gasteiger partial charge in [0.2, 0.25) is 11.8 Å². The molecule has 0 aliphatic carbocycles. The Labute approximate surface area is 136 Å². The van der Waals surface area contributed by atoms with E-state index in [1.165, 1.54) is 0 Å². The Bertz CT molecular complexity index is 768. The second-order valence-electron chi connectivity index (χ2n) is 4.81. The third-order valence-electron chi connectivity index (χ3n) is 3.07. The van der Waals surface area contributed by atoms with Crippen LogP contribution in [-0.2, 0) is 6.42 Å². The number of carbonyl (C=O) groups excluding carboxylic acids is 1. The average Bonchev–Trinajstić information content (AvgIpc) is 3.20. The Hall–Kier alpha value is -2.74. The van der Waals surface area contributed by atoms with Crippen molar-refractivity contribution in [3.05, 3.63) is 46.7 Å². The van der Waals surface area contributed by atoms with Crippen LogP contribution in [0.1, 0.15) is 11.6 Å². The van der Waals surface area contributed by atoms with E-state index in [4.69, 9.17) is 4.42 Å². The van der Waals surface area contributed by atoms with Crippen LogP contribution in [0, 0.1) is 6.92 Å². The number of anilines is 1. The Morgan fingerprint density at radius 2 is 2.09 bits per heavy atom. The number of rotatable bonds is 5. The van der Waals surface area contributed by atoms with Gasteiger partial charge in [-0.15, -0.1) is 21.5 Å². The SMILES string of the molecule is Cc1nnc(-c2ccc(NC(=O)NCCc3cscn3)cc2)o1. The summed E-state index contributed by atoms with van der Waals surface area (Å²) < 4.78 is 5.35. The van der Waals surface area contributed by atoms with Crippen molar-refractivity contribution in [3.8, 4) is 11.5 Å². The molecule has 3 rings (SSSR count). The summed E-state index contributed by atoms with van der Waals surface area (Å²) in [6.45, 7) is 2.28. The highest BCUT2D eigenvalue weighted by Crippen LogP contribution is 2.19. The number of aromatic nitrogens is 3. The third-order valence-corrected chi connectivity index (χ3v) is 3.70. The van der Waals surface area contributed by atoms with Gasteiger partial charge in [0.25, 0.3) is 0 Å². The first-order chi connectivity index (χ1) is 11.2. The normalized spacial score (nSPS) is 10.5. The van der Waals surface area contributed by atoms with Crippen LogP contribution in [0.25, 0.3) is 11.5 Å². The minimum Gasteiger partial charge on any atom is -0.421 e. The van der Waals surface area contributed by atoms with Gasteiger partial charge in [-0.25, -0.2) is 9.78 Å². The van der Waals surface area contributed by atoms with Crippen LogP contribution in [0.4, 0.5) is 10.5 Å². The minimum atomic E-state index is -0.249. The fraction of sp³-hybridized carbons (Fsp3) is 0.200. The van der Waals surface area contributed by atoms with E-state index in [9.17, 15) is 4.79 Å². The van der Waals surface area contributed by atoms with Crippen LogP contribution >= 0.6 is 11.3 Å². The third kappa shape index (κ3) is 4.13. The number of amides is 2. The van der Waals surface area contributed by atoms with Gasteiger partial charge >= 0.3 is 6.03 Å². The summed E-state index contributed by atoms with van der Waals surface area (Å²) in [6.07, 6.45) is 0.715. The Kier molecular flexibility index (Phi) is 4.62. The molecular formula is C15H15N5O2S. The van der Waals surface area contributed by atoms with Crippen LogP contribution in [0.5, 0.6) is 0 Å². The van der Waals surface area contributed by atoms with E-state index >= 15 is 0 Å². The van der Waals surface area contributed by atoms with Crippen molar-refractivity contribution in [1.29, 1.82) is 0 Å². The summed E-state index contributed by atoms with van der Waals surface area (Å²) in [5.74, 6) is 0.975. The summed E-state index contributed by atoms with van der Waals surface area (Å²) in [6, 6.07) is 6.96. The lowest BCUT2D eigenvalue weighted by molar-refractivity contribution is 0.252. The molecule has 0 saturated heterocycles. The van der Waals surface area contributed by atoms with E-state index < -0.39 is 0 Å². The molecule has 0 radical (unpaired) electrons. The molecule has 0 aliphatic rings. The number of hydrogen-bond acceptors (Lipinski definition) is 6. The molecule has 0 unspecified atom stereocenters.